The molecule has 0 aliphatic heterocycles. The second kappa shape index (κ2) is 5.95. The maximum atomic E-state index is 12.8. The zero-order chi connectivity index (χ0) is 16.4. The van der Waals surface area contributed by atoms with Gasteiger partial charge in [0.25, 0.3) is 0 Å². The van der Waals surface area contributed by atoms with E-state index in [1.165, 1.54) is 6.07 Å². The van der Waals surface area contributed by atoms with E-state index in [1.54, 1.807) is 24.5 Å². The Morgan fingerprint density at radius 2 is 2.00 bits per heavy atom. The number of benzene rings is 1. The van der Waals surface area contributed by atoms with E-state index in [9.17, 15) is 13.2 Å². The molecule has 3 rings (SSSR count). The average molecular weight is 320 g/mol. The van der Waals surface area contributed by atoms with E-state index >= 15 is 0 Å². The molecule has 0 atom stereocenters. The van der Waals surface area contributed by atoms with Crippen molar-refractivity contribution in [1.82, 2.24) is 9.97 Å². The first kappa shape index (κ1) is 15.4. The van der Waals surface area contributed by atoms with Crippen LogP contribution >= 0.6 is 0 Å². The topological polar surface area (TPSA) is 37.9 Å². The van der Waals surface area contributed by atoms with Crippen molar-refractivity contribution < 1.29 is 17.9 Å². The van der Waals surface area contributed by atoms with E-state index in [0.29, 0.717) is 29.0 Å². The molecule has 0 spiro atoms. The summed E-state index contributed by atoms with van der Waals surface area (Å²) in [7, 11) is 0. The number of halogens is 3. The molecule has 0 aliphatic carbocycles. The fourth-order valence-corrected chi connectivity index (χ4v) is 2.38. The van der Waals surface area contributed by atoms with Crippen LogP contribution in [0.3, 0.4) is 0 Å². The number of ether oxygens (including phenoxy) is 1. The molecule has 3 nitrogen and oxygen atoms in total. The average Bonchev–Trinajstić information content (AvgIpc) is 2.95. The van der Waals surface area contributed by atoms with E-state index in [1.807, 2.05) is 6.92 Å². The highest BCUT2D eigenvalue weighted by molar-refractivity contribution is 5.87. The molecule has 0 saturated carbocycles. The Labute approximate surface area is 131 Å². The fraction of sp³-hybridized carbons (Fsp3) is 0.235. The van der Waals surface area contributed by atoms with Crippen molar-refractivity contribution in [1.29, 1.82) is 0 Å². The molecular formula is C17H15F3N2O. The van der Waals surface area contributed by atoms with E-state index in [4.69, 9.17) is 4.74 Å². The van der Waals surface area contributed by atoms with Gasteiger partial charge in [0.1, 0.15) is 5.75 Å². The predicted molar refractivity (Wildman–Crippen MR) is 82.3 cm³/mol. The van der Waals surface area contributed by atoms with E-state index in [2.05, 4.69) is 9.97 Å². The molecule has 0 bridgehead atoms. The summed E-state index contributed by atoms with van der Waals surface area (Å²) < 4.78 is 44.1. The quantitative estimate of drug-likeness (QED) is 0.731. The van der Waals surface area contributed by atoms with Gasteiger partial charge in [-0.05, 0) is 36.8 Å². The number of aromatic amines is 1. The van der Waals surface area contributed by atoms with Gasteiger partial charge in [-0.1, -0.05) is 6.92 Å². The number of hydrogen-bond donors (Lipinski definition) is 1. The minimum absolute atomic E-state index is 0.507. The minimum Gasteiger partial charge on any atom is -0.491 e. The molecule has 0 unspecified atom stereocenters. The number of rotatable bonds is 4. The van der Waals surface area contributed by atoms with Gasteiger partial charge in [0.05, 0.1) is 24.1 Å². The lowest BCUT2D eigenvalue weighted by Crippen LogP contribution is -2.03. The lowest BCUT2D eigenvalue weighted by molar-refractivity contribution is -0.137. The Morgan fingerprint density at radius 1 is 1.17 bits per heavy atom. The number of fused-ring (bicyclic) bond motifs is 1. The zero-order valence-electron chi connectivity index (χ0n) is 12.4. The lowest BCUT2D eigenvalue weighted by Gasteiger charge is -2.08. The van der Waals surface area contributed by atoms with Crippen LogP contribution in [-0.4, -0.2) is 16.6 Å². The predicted octanol–water partition coefficient (Wildman–Crippen LogP) is 5.04. The summed E-state index contributed by atoms with van der Waals surface area (Å²) in [5.41, 5.74) is 1.46. The van der Waals surface area contributed by atoms with Crippen LogP contribution in [0.5, 0.6) is 5.75 Å². The lowest BCUT2D eigenvalue weighted by atomic mass is 10.1. The van der Waals surface area contributed by atoms with Crippen molar-refractivity contribution in [3.63, 3.8) is 0 Å². The second-order valence-corrected chi connectivity index (χ2v) is 5.20. The first-order chi connectivity index (χ1) is 11.0. The fourth-order valence-electron chi connectivity index (χ4n) is 2.38. The van der Waals surface area contributed by atoms with Gasteiger partial charge < -0.3 is 9.72 Å². The molecule has 0 aliphatic rings. The number of alkyl halides is 3. The molecule has 120 valence electrons. The summed E-state index contributed by atoms with van der Waals surface area (Å²) in [5.74, 6) is 0.608. The van der Waals surface area contributed by atoms with Gasteiger partial charge in [0.2, 0.25) is 0 Å². The standard InChI is InChI=1S/C17H15F3N2O/c1-2-7-23-16-10-21-6-5-13(16)15-9-11-8-12(17(18,19)20)3-4-14(11)22-15/h3-6,8-10,22H,2,7H2,1H3. The third kappa shape index (κ3) is 3.16. The molecule has 0 saturated heterocycles. The van der Waals surface area contributed by atoms with Gasteiger partial charge >= 0.3 is 6.18 Å². The molecule has 0 amide bonds. The van der Waals surface area contributed by atoms with Crippen LogP contribution in [0.2, 0.25) is 0 Å². The largest absolute Gasteiger partial charge is 0.491 e. The van der Waals surface area contributed by atoms with Crippen molar-refractivity contribution in [3.8, 4) is 17.0 Å². The molecular weight excluding hydrogens is 305 g/mol. The van der Waals surface area contributed by atoms with Gasteiger partial charge in [-0.3, -0.25) is 4.98 Å². The molecule has 6 heteroatoms. The third-order valence-corrected chi connectivity index (χ3v) is 3.48. The first-order valence-electron chi connectivity index (χ1n) is 7.26. The van der Waals surface area contributed by atoms with Crippen LogP contribution in [0.25, 0.3) is 22.2 Å². The maximum absolute atomic E-state index is 12.8. The number of nitrogens with one attached hydrogen (secondary N) is 1. The molecule has 1 aromatic carbocycles. The SMILES string of the molecule is CCCOc1cnccc1-c1cc2cc(C(F)(F)F)ccc2[nH]1. The van der Waals surface area contributed by atoms with Gasteiger partial charge in [-0.25, -0.2) is 0 Å². The number of hydrogen-bond acceptors (Lipinski definition) is 2. The van der Waals surface area contributed by atoms with Gasteiger partial charge in [-0.2, -0.15) is 13.2 Å². The summed E-state index contributed by atoms with van der Waals surface area (Å²) in [6, 6.07) is 7.13. The Morgan fingerprint density at radius 3 is 2.74 bits per heavy atom. The number of aromatic nitrogens is 2. The van der Waals surface area contributed by atoms with E-state index in [0.717, 1.165) is 24.1 Å². The van der Waals surface area contributed by atoms with Gasteiger partial charge in [0, 0.05) is 22.7 Å². The highest BCUT2D eigenvalue weighted by Crippen LogP contribution is 2.34. The summed E-state index contributed by atoms with van der Waals surface area (Å²) in [4.78, 5) is 7.17. The summed E-state index contributed by atoms with van der Waals surface area (Å²) in [6.07, 6.45) is -0.258. The minimum atomic E-state index is -4.35. The van der Waals surface area contributed by atoms with Gasteiger partial charge in [0.15, 0.2) is 0 Å². The first-order valence-corrected chi connectivity index (χ1v) is 7.26. The van der Waals surface area contributed by atoms with Crippen LogP contribution in [0.1, 0.15) is 18.9 Å². The highest BCUT2D eigenvalue weighted by Gasteiger charge is 2.30. The second-order valence-electron chi connectivity index (χ2n) is 5.20. The number of pyridine rings is 1. The zero-order valence-corrected chi connectivity index (χ0v) is 12.4. The number of H-pyrrole nitrogens is 1. The van der Waals surface area contributed by atoms with Gasteiger partial charge in [-0.15, -0.1) is 0 Å². The molecule has 0 fully saturated rings. The highest BCUT2D eigenvalue weighted by atomic mass is 19.4. The summed E-state index contributed by atoms with van der Waals surface area (Å²) >= 11 is 0. The molecule has 0 radical (unpaired) electrons. The molecule has 3 aromatic rings. The van der Waals surface area contributed by atoms with Crippen LogP contribution in [0.15, 0.2) is 42.7 Å². The molecule has 1 N–H and O–H groups in total. The van der Waals surface area contributed by atoms with Crippen LogP contribution in [0.4, 0.5) is 13.2 Å². The van der Waals surface area contributed by atoms with Crippen LogP contribution < -0.4 is 4.74 Å². The summed E-state index contributed by atoms with van der Waals surface area (Å²) in [6.45, 7) is 2.55. The van der Waals surface area contributed by atoms with E-state index < -0.39 is 11.7 Å². The maximum Gasteiger partial charge on any atom is 0.416 e. The van der Waals surface area contributed by atoms with Crippen molar-refractivity contribution in [2.45, 2.75) is 19.5 Å². The van der Waals surface area contributed by atoms with Crippen molar-refractivity contribution in [3.05, 3.63) is 48.3 Å². The Kier molecular flexibility index (Phi) is 3.98. The molecule has 23 heavy (non-hydrogen) atoms. The van der Waals surface area contributed by atoms with Crippen molar-refractivity contribution in [2.75, 3.05) is 6.61 Å². The van der Waals surface area contributed by atoms with E-state index in [-0.39, 0.29) is 0 Å². The normalized spacial score (nSPS) is 11.8. The van der Waals surface area contributed by atoms with Crippen LogP contribution in [0, 0.1) is 0 Å². The van der Waals surface area contributed by atoms with Crippen LogP contribution in [-0.2, 0) is 6.18 Å². The number of nitrogens with zero attached hydrogens (tertiary/aromatic N) is 1. The Bertz CT molecular complexity index is 824. The van der Waals surface area contributed by atoms with Crippen molar-refractivity contribution >= 4 is 10.9 Å². The Balaban J connectivity index is 2.04. The summed E-state index contributed by atoms with van der Waals surface area (Å²) in [5, 5.41) is 0.507. The smallest absolute Gasteiger partial charge is 0.416 e. The molecule has 2 aromatic heterocycles. The molecule has 2 heterocycles. The monoisotopic (exact) mass is 320 g/mol. The third-order valence-electron chi connectivity index (χ3n) is 3.48. The van der Waals surface area contributed by atoms with Crippen molar-refractivity contribution in [2.24, 2.45) is 0 Å². The Hall–Kier alpha value is -2.50.